The molecule has 2 N–H and O–H groups in total. The highest BCUT2D eigenvalue weighted by Crippen LogP contribution is 2.30. The van der Waals surface area contributed by atoms with Gasteiger partial charge in [0.1, 0.15) is 5.75 Å². The molecular formula is C13H14ClF3N2O3. The molecule has 1 atom stereocenters. The quantitative estimate of drug-likeness (QED) is 0.891. The van der Waals surface area contributed by atoms with E-state index in [-0.39, 0.29) is 23.0 Å². The van der Waals surface area contributed by atoms with Gasteiger partial charge in [-0.3, -0.25) is 0 Å². The van der Waals surface area contributed by atoms with Crippen LogP contribution in [0.5, 0.6) is 5.75 Å². The van der Waals surface area contributed by atoms with Gasteiger partial charge in [-0.1, -0.05) is 11.6 Å². The second-order valence-corrected chi connectivity index (χ2v) is 5.30. The lowest BCUT2D eigenvalue weighted by Gasteiger charge is -2.19. The smallest absolute Gasteiger partial charge is 0.422 e. The largest absolute Gasteiger partial charge is 0.482 e. The van der Waals surface area contributed by atoms with Gasteiger partial charge in [-0.05, 0) is 18.6 Å². The summed E-state index contributed by atoms with van der Waals surface area (Å²) in [6.07, 6.45) is -4.62. The van der Waals surface area contributed by atoms with Gasteiger partial charge in [-0.25, -0.2) is 4.79 Å². The third-order valence-corrected chi connectivity index (χ3v) is 3.26. The van der Waals surface area contributed by atoms with Crippen molar-refractivity contribution < 1.29 is 27.8 Å². The number of hydrogen-bond donors (Lipinski definition) is 2. The molecule has 22 heavy (non-hydrogen) atoms. The van der Waals surface area contributed by atoms with Gasteiger partial charge in [-0.2, -0.15) is 13.2 Å². The van der Waals surface area contributed by atoms with Crippen molar-refractivity contribution in [2.45, 2.75) is 18.7 Å². The number of aliphatic hydroxyl groups is 1. The minimum Gasteiger partial charge on any atom is -0.482 e. The highest BCUT2D eigenvalue weighted by Gasteiger charge is 2.29. The minimum atomic E-state index is -4.50. The molecular weight excluding hydrogens is 325 g/mol. The highest BCUT2D eigenvalue weighted by molar-refractivity contribution is 6.30. The molecule has 0 bridgehead atoms. The van der Waals surface area contributed by atoms with Crippen LogP contribution in [0, 0.1) is 0 Å². The molecule has 0 aromatic heterocycles. The van der Waals surface area contributed by atoms with Crippen molar-refractivity contribution in [1.82, 2.24) is 4.90 Å². The van der Waals surface area contributed by atoms with Gasteiger partial charge in [0.05, 0.1) is 11.8 Å². The highest BCUT2D eigenvalue weighted by atomic mass is 35.5. The van der Waals surface area contributed by atoms with E-state index in [9.17, 15) is 23.1 Å². The van der Waals surface area contributed by atoms with E-state index in [1.54, 1.807) is 0 Å². The Bertz CT molecular complexity index is 554. The van der Waals surface area contributed by atoms with Gasteiger partial charge in [0.25, 0.3) is 0 Å². The molecule has 2 amide bonds. The average Bonchev–Trinajstić information content (AvgIpc) is 2.85. The Kier molecular flexibility index (Phi) is 5.02. The van der Waals surface area contributed by atoms with E-state index in [1.165, 1.54) is 23.1 Å². The first-order chi connectivity index (χ1) is 10.2. The predicted octanol–water partition coefficient (Wildman–Crippen LogP) is 2.88. The van der Waals surface area contributed by atoms with Gasteiger partial charge in [0.2, 0.25) is 0 Å². The number of nitrogens with one attached hydrogen (secondary N) is 1. The number of urea groups is 1. The number of carbonyl (C=O) groups is 1. The fourth-order valence-corrected chi connectivity index (χ4v) is 2.16. The lowest BCUT2D eigenvalue weighted by Crippen LogP contribution is -2.33. The summed E-state index contributed by atoms with van der Waals surface area (Å²) in [6.45, 7) is -0.934. The molecule has 122 valence electrons. The zero-order valence-corrected chi connectivity index (χ0v) is 12.1. The Morgan fingerprint density at radius 3 is 2.82 bits per heavy atom. The van der Waals surface area contributed by atoms with E-state index in [2.05, 4.69) is 10.1 Å². The summed E-state index contributed by atoms with van der Waals surface area (Å²) in [7, 11) is 0. The molecule has 1 fully saturated rings. The first kappa shape index (κ1) is 16.7. The van der Waals surface area contributed by atoms with Crippen LogP contribution in [0.25, 0.3) is 0 Å². The predicted molar refractivity (Wildman–Crippen MR) is 74.2 cm³/mol. The maximum atomic E-state index is 12.2. The standard InChI is InChI=1S/C13H14ClF3N2O3/c14-8-1-2-10(11(5-8)22-7-13(15,16)17)18-12(21)19-4-3-9(20)6-19/h1-2,5,9,20H,3-4,6-7H2,(H,18,21)/t9-/m0/s1. The zero-order chi connectivity index (χ0) is 16.3. The molecule has 5 nitrogen and oxygen atoms in total. The molecule has 1 heterocycles. The molecule has 0 saturated carbocycles. The molecule has 1 saturated heterocycles. The van der Waals surface area contributed by atoms with Crippen LogP contribution in [0.3, 0.4) is 0 Å². The average molecular weight is 339 g/mol. The van der Waals surface area contributed by atoms with Crippen LogP contribution in [-0.2, 0) is 0 Å². The number of rotatable bonds is 3. The molecule has 0 unspecified atom stereocenters. The van der Waals surface area contributed by atoms with Gasteiger partial charge in [-0.15, -0.1) is 0 Å². The van der Waals surface area contributed by atoms with Gasteiger partial charge < -0.3 is 20.1 Å². The molecule has 0 spiro atoms. The summed E-state index contributed by atoms with van der Waals surface area (Å²) in [5, 5.41) is 12.0. The van der Waals surface area contributed by atoms with Crippen LogP contribution >= 0.6 is 11.6 Å². The topological polar surface area (TPSA) is 61.8 Å². The maximum absolute atomic E-state index is 12.2. The fraction of sp³-hybridized carbons (Fsp3) is 0.462. The number of aliphatic hydroxyl groups excluding tert-OH is 1. The van der Waals surface area contributed by atoms with Crippen LogP contribution in [-0.4, -0.2) is 48.0 Å². The van der Waals surface area contributed by atoms with Crippen LogP contribution in [0.2, 0.25) is 5.02 Å². The summed E-state index contributed by atoms with van der Waals surface area (Å²) in [5.74, 6) is -0.169. The number of alkyl halides is 3. The van der Waals surface area contributed by atoms with E-state index in [1.807, 2.05) is 0 Å². The Labute approximate surface area is 129 Å². The SMILES string of the molecule is O=C(Nc1ccc(Cl)cc1OCC(F)(F)F)N1CC[C@H](O)C1. The normalized spacial score (nSPS) is 18.4. The number of β-amino-alcohol motifs (C(OH)–C–C–N with tert-alkyl or cyclic N) is 1. The van der Waals surface area contributed by atoms with Crippen molar-refractivity contribution in [3.05, 3.63) is 23.2 Å². The van der Waals surface area contributed by atoms with E-state index in [4.69, 9.17) is 11.6 Å². The van der Waals surface area contributed by atoms with Gasteiger partial charge in [0, 0.05) is 24.2 Å². The molecule has 1 aliphatic rings. The Morgan fingerprint density at radius 2 is 2.23 bits per heavy atom. The number of anilines is 1. The lowest BCUT2D eigenvalue weighted by molar-refractivity contribution is -0.153. The third-order valence-electron chi connectivity index (χ3n) is 3.03. The second kappa shape index (κ2) is 6.62. The Hall–Kier alpha value is -1.67. The number of likely N-dealkylation sites (tertiary alicyclic amines) is 1. The number of ether oxygens (including phenoxy) is 1. The monoisotopic (exact) mass is 338 g/mol. The van der Waals surface area contributed by atoms with Crippen LogP contribution in [0.1, 0.15) is 6.42 Å². The second-order valence-electron chi connectivity index (χ2n) is 4.86. The van der Waals surface area contributed by atoms with Gasteiger partial charge in [0.15, 0.2) is 6.61 Å². The van der Waals surface area contributed by atoms with Crippen LogP contribution < -0.4 is 10.1 Å². The van der Waals surface area contributed by atoms with Crippen molar-refractivity contribution in [3.8, 4) is 5.75 Å². The van der Waals surface area contributed by atoms with E-state index >= 15 is 0 Å². The van der Waals surface area contributed by atoms with Crippen LogP contribution in [0.4, 0.5) is 23.7 Å². The summed E-state index contributed by atoms with van der Waals surface area (Å²) in [4.78, 5) is 13.4. The number of hydrogen-bond acceptors (Lipinski definition) is 3. The minimum absolute atomic E-state index is 0.0834. The summed E-state index contributed by atoms with van der Waals surface area (Å²) in [6, 6.07) is 3.46. The lowest BCUT2D eigenvalue weighted by atomic mass is 10.3. The molecule has 2 rings (SSSR count). The van der Waals surface area contributed by atoms with Crippen LogP contribution in [0.15, 0.2) is 18.2 Å². The third kappa shape index (κ3) is 4.67. The van der Waals surface area contributed by atoms with Gasteiger partial charge >= 0.3 is 12.2 Å². The number of benzene rings is 1. The summed E-state index contributed by atoms with van der Waals surface area (Å²) < 4.78 is 41.4. The fourth-order valence-electron chi connectivity index (χ4n) is 2.00. The van der Waals surface area contributed by atoms with E-state index < -0.39 is 24.9 Å². The van der Waals surface area contributed by atoms with Crippen molar-refractivity contribution in [1.29, 1.82) is 0 Å². The molecule has 9 heteroatoms. The molecule has 1 aliphatic heterocycles. The van der Waals surface area contributed by atoms with Crippen molar-refractivity contribution >= 4 is 23.3 Å². The molecule has 0 radical (unpaired) electrons. The summed E-state index contributed by atoms with van der Waals surface area (Å²) in [5.41, 5.74) is 0.0834. The number of halogens is 4. The van der Waals surface area contributed by atoms with Crippen molar-refractivity contribution in [2.75, 3.05) is 25.0 Å². The maximum Gasteiger partial charge on any atom is 0.422 e. The number of amides is 2. The molecule has 1 aromatic carbocycles. The van der Waals surface area contributed by atoms with E-state index in [0.717, 1.165) is 0 Å². The van der Waals surface area contributed by atoms with Crippen molar-refractivity contribution in [3.63, 3.8) is 0 Å². The zero-order valence-electron chi connectivity index (χ0n) is 11.4. The molecule has 0 aliphatic carbocycles. The number of nitrogens with zero attached hydrogens (tertiary/aromatic N) is 1. The first-order valence-electron chi connectivity index (χ1n) is 6.48. The molecule has 1 aromatic rings. The Morgan fingerprint density at radius 1 is 1.50 bits per heavy atom. The first-order valence-corrected chi connectivity index (χ1v) is 6.85. The summed E-state index contributed by atoms with van der Waals surface area (Å²) >= 11 is 5.73. The number of carbonyl (C=O) groups excluding carboxylic acids is 1. The van der Waals surface area contributed by atoms with Crippen molar-refractivity contribution in [2.24, 2.45) is 0 Å². The van der Waals surface area contributed by atoms with E-state index in [0.29, 0.717) is 13.0 Å². The Balaban J connectivity index is 2.07.